The summed E-state index contributed by atoms with van der Waals surface area (Å²) >= 11 is 7.86. The predicted octanol–water partition coefficient (Wildman–Crippen LogP) is 3.98. The molecule has 1 aromatic carbocycles. The van der Waals surface area contributed by atoms with Gasteiger partial charge in [-0.05, 0) is 36.3 Å². The molecular formula is C16H22ClNO2S. The topological polar surface area (TPSA) is 49.3 Å². The molecule has 1 saturated heterocycles. The summed E-state index contributed by atoms with van der Waals surface area (Å²) in [5.41, 5.74) is 1.15. The molecule has 1 aliphatic heterocycles. The van der Waals surface area contributed by atoms with E-state index in [-0.39, 0.29) is 17.2 Å². The standard InChI is InChI=1S/C16H22ClNO2S/c1-2-3-7-21-15-9-14(18-10-13(15)16(19)20)11-5-4-6-12(17)8-11/h4-6,8,13-15,18H,2-3,7,9-10H2,1H3,(H,19,20)/t13?,14?,15-/m1/s1. The van der Waals surface area contributed by atoms with Crippen LogP contribution in [0.4, 0.5) is 0 Å². The van der Waals surface area contributed by atoms with Gasteiger partial charge >= 0.3 is 5.97 Å². The summed E-state index contributed by atoms with van der Waals surface area (Å²) in [4.78, 5) is 11.4. The molecule has 0 saturated carbocycles. The molecule has 3 nitrogen and oxygen atoms in total. The molecule has 0 bridgehead atoms. The van der Waals surface area contributed by atoms with Gasteiger partial charge < -0.3 is 10.4 Å². The van der Waals surface area contributed by atoms with Gasteiger partial charge in [-0.15, -0.1) is 0 Å². The summed E-state index contributed by atoms with van der Waals surface area (Å²) in [6.07, 6.45) is 3.13. The van der Waals surface area contributed by atoms with Gasteiger partial charge in [0, 0.05) is 22.9 Å². The number of hydrogen-bond donors (Lipinski definition) is 2. The Balaban J connectivity index is 2.05. The highest BCUT2D eigenvalue weighted by atomic mass is 35.5. The number of benzene rings is 1. The third-order valence-corrected chi connectivity index (χ3v) is 5.61. The van der Waals surface area contributed by atoms with Crippen LogP contribution in [0.2, 0.25) is 5.02 Å². The Kier molecular flexibility index (Phi) is 6.40. The van der Waals surface area contributed by atoms with Crippen LogP contribution in [-0.4, -0.2) is 28.6 Å². The van der Waals surface area contributed by atoms with Crippen molar-refractivity contribution in [2.45, 2.75) is 37.5 Å². The Labute approximate surface area is 135 Å². The van der Waals surface area contributed by atoms with Crippen LogP contribution in [-0.2, 0) is 4.79 Å². The molecule has 5 heteroatoms. The van der Waals surface area contributed by atoms with E-state index in [4.69, 9.17) is 11.6 Å². The van der Waals surface area contributed by atoms with Crippen molar-refractivity contribution in [2.24, 2.45) is 5.92 Å². The lowest BCUT2D eigenvalue weighted by molar-refractivity contribution is -0.142. The average Bonchev–Trinajstić information content (AvgIpc) is 2.47. The van der Waals surface area contributed by atoms with Gasteiger partial charge in [-0.2, -0.15) is 11.8 Å². The quantitative estimate of drug-likeness (QED) is 0.776. The van der Waals surface area contributed by atoms with Crippen molar-refractivity contribution in [3.8, 4) is 0 Å². The minimum absolute atomic E-state index is 0.166. The highest BCUT2D eigenvalue weighted by Crippen LogP contribution is 2.35. The van der Waals surface area contributed by atoms with Crippen molar-refractivity contribution in [3.63, 3.8) is 0 Å². The lowest BCUT2D eigenvalue weighted by Crippen LogP contribution is -2.44. The summed E-state index contributed by atoms with van der Waals surface area (Å²) < 4.78 is 0. The van der Waals surface area contributed by atoms with E-state index < -0.39 is 5.97 Å². The molecule has 2 unspecified atom stereocenters. The SMILES string of the molecule is CCCCS[C@@H]1CC(c2cccc(Cl)c2)NCC1C(=O)O. The molecule has 2 rings (SSSR count). The van der Waals surface area contributed by atoms with Crippen LogP contribution < -0.4 is 5.32 Å². The number of carboxylic acids is 1. The maximum absolute atomic E-state index is 11.4. The average molecular weight is 328 g/mol. The normalized spacial score (nSPS) is 25.7. The largest absolute Gasteiger partial charge is 0.481 e. The van der Waals surface area contributed by atoms with Crippen LogP contribution in [0.25, 0.3) is 0 Å². The highest BCUT2D eigenvalue weighted by Gasteiger charge is 2.35. The monoisotopic (exact) mass is 327 g/mol. The van der Waals surface area contributed by atoms with Crippen LogP contribution in [0.3, 0.4) is 0 Å². The second kappa shape index (κ2) is 8.06. The first-order valence-electron chi connectivity index (χ1n) is 7.45. The molecule has 3 atom stereocenters. The van der Waals surface area contributed by atoms with Gasteiger partial charge in [0.25, 0.3) is 0 Å². The maximum atomic E-state index is 11.4. The molecule has 1 fully saturated rings. The molecule has 1 heterocycles. The summed E-state index contributed by atoms with van der Waals surface area (Å²) in [6, 6.07) is 8.02. The Bertz CT molecular complexity index is 483. The second-order valence-corrected chi connectivity index (χ2v) is 7.24. The molecule has 2 N–H and O–H groups in total. The van der Waals surface area contributed by atoms with E-state index in [2.05, 4.69) is 18.3 Å². The zero-order chi connectivity index (χ0) is 15.2. The van der Waals surface area contributed by atoms with Crippen LogP contribution in [0.15, 0.2) is 24.3 Å². The van der Waals surface area contributed by atoms with Crippen molar-refractivity contribution in [1.29, 1.82) is 0 Å². The highest BCUT2D eigenvalue weighted by molar-refractivity contribution is 7.99. The fourth-order valence-electron chi connectivity index (χ4n) is 2.67. The molecule has 116 valence electrons. The van der Waals surface area contributed by atoms with E-state index in [1.165, 1.54) is 0 Å². The molecule has 0 aromatic heterocycles. The molecule has 0 spiro atoms. The summed E-state index contributed by atoms with van der Waals surface area (Å²) in [5, 5.41) is 13.6. The van der Waals surface area contributed by atoms with Gasteiger partial charge in [0.1, 0.15) is 0 Å². The van der Waals surface area contributed by atoms with Crippen molar-refractivity contribution >= 4 is 29.3 Å². The van der Waals surface area contributed by atoms with E-state index in [9.17, 15) is 9.90 Å². The van der Waals surface area contributed by atoms with E-state index in [0.29, 0.717) is 6.54 Å². The second-order valence-electron chi connectivity index (χ2n) is 5.46. The van der Waals surface area contributed by atoms with Gasteiger partial charge in [0.2, 0.25) is 0 Å². The number of piperidine rings is 1. The number of nitrogens with one attached hydrogen (secondary N) is 1. The molecule has 21 heavy (non-hydrogen) atoms. The van der Waals surface area contributed by atoms with Crippen LogP contribution >= 0.6 is 23.4 Å². The molecule has 0 amide bonds. The van der Waals surface area contributed by atoms with E-state index in [0.717, 1.165) is 35.6 Å². The third-order valence-electron chi connectivity index (χ3n) is 3.90. The van der Waals surface area contributed by atoms with Gasteiger partial charge in [-0.25, -0.2) is 0 Å². The van der Waals surface area contributed by atoms with Gasteiger partial charge in [0.15, 0.2) is 0 Å². The van der Waals surface area contributed by atoms with Gasteiger partial charge in [0.05, 0.1) is 5.92 Å². The molecule has 0 aliphatic carbocycles. The van der Waals surface area contributed by atoms with Gasteiger partial charge in [-0.1, -0.05) is 37.1 Å². The maximum Gasteiger partial charge on any atom is 0.308 e. The number of hydrogen-bond acceptors (Lipinski definition) is 3. The van der Waals surface area contributed by atoms with Crippen LogP contribution in [0, 0.1) is 5.92 Å². The zero-order valence-electron chi connectivity index (χ0n) is 12.2. The Morgan fingerprint density at radius 2 is 2.33 bits per heavy atom. The lowest BCUT2D eigenvalue weighted by Gasteiger charge is -2.35. The number of carboxylic acid groups (broad SMARTS) is 1. The van der Waals surface area contributed by atoms with E-state index in [1.54, 1.807) is 0 Å². The minimum atomic E-state index is -0.693. The fourth-order valence-corrected chi connectivity index (χ4v) is 4.40. The number of carbonyl (C=O) groups is 1. The van der Waals surface area contributed by atoms with Crippen LogP contribution in [0.5, 0.6) is 0 Å². The van der Waals surface area contributed by atoms with Crippen LogP contribution in [0.1, 0.15) is 37.8 Å². The van der Waals surface area contributed by atoms with E-state index >= 15 is 0 Å². The number of unbranched alkanes of at least 4 members (excludes halogenated alkanes) is 1. The fraction of sp³-hybridized carbons (Fsp3) is 0.562. The Morgan fingerprint density at radius 3 is 3.00 bits per heavy atom. The first kappa shape index (κ1) is 16.7. The van der Waals surface area contributed by atoms with Crippen molar-refractivity contribution in [2.75, 3.05) is 12.3 Å². The molecule has 1 aromatic rings. The third kappa shape index (κ3) is 4.63. The summed E-state index contributed by atoms with van der Waals surface area (Å²) in [6.45, 7) is 2.68. The van der Waals surface area contributed by atoms with Gasteiger partial charge in [-0.3, -0.25) is 4.79 Å². The predicted molar refractivity (Wildman–Crippen MR) is 89.1 cm³/mol. The molecular weight excluding hydrogens is 306 g/mol. The smallest absolute Gasteiger partial charge is 0.308 e. The van der Waals surface area contributed by atoms with Crippen molar-refractivity contribution in [3.05, 3.63) is 34.9 Å². The number of thioether (sulfide) groups is 1. The lowest BCUT2D eigenvalue weighted by atomic mass is 9.90. The number of rotatable bonds is 6. The number of aliphatic carboxylic acids is 1. The Hall–Kier alpha value is -0.710. The number of halogens is 1. The molecule has 0 radical (unpaired) electrons. The minimum Gasteiger partial charge on any atom is -0.481 e. The Morgan fingerprint density at radius 1 is 1.52 bits per heavy atom. The van der Waals surface area contributed by atoms with E-state index in [1.807, 2.05) is 30.0 Å². The van der Waals surface area contributed by atoms with Crippen molar-refractivity contribution < 1.29 is 9.90 Å². The first-order valence-corrected chi connectivity index (χ1v) is 8.87. The summed E-state index contributed by atoms with van der Waals surface area (Å²) in [5.74, 6) is 0.0380. The summed E-state index contributed by atoms with van der Waals surface area (Å²) in [7, 11) is 0. The van der Waals surface area contributed by atoms with Crippen molar-refractivity contribution in [1.82, 2.24) is 5.32 Å². The zero-order valence-corrected chi connectivity index (χ0v) is 13.8. The first-order chi connectivity index (χ1) is 10.1. The molecule has 1 aliphatic rings.